The molecule has 3 heterocycles. The molecule has 0 aliphatic carbocycles. The number of aryl methyl sites for hydroxylation is 2. The fourth-order valence-corrected chi connectivity index (χ4v) is 3.75. The van der Waals surface area contributed by atoms with Crippen LogP contribution in [-0.4, -0.2) is 26.5 Å². The number of H-pyrrole nitrogens is 1. The van der Waals surface area contributed by atoms with Gasteiger partial charge in [-0.15, -0.1) is 0 Å². The Morgan fingerprint density at radius 1 is 1.21 bits per heavy atom. The summed E-state index contributed by atoms with van der Waals surface area (Å²) in [7, 11) is 0. The van der Waals surface area contributed by atoms with Crippen molar-refractivity contribution >= 4 is 27.8 Å². The van der Waals surface area contributed by atoms with E-state index in [2.05, 4.69) is 21.4 Å². The molecule has 148 valence electrons. The second kappa shape index (κ2) is 7.54. The molecule has 29 heavy (non-hydrogen) atoms. The van der Waals surface area contributed by atoms with Crippen LogP contribution in [0.5, 0.6) is 0 Å². The minimum absolute atomic E-state index is 0.122. The van der Waals surface area contributed by atoms with Gasteiger partial charge in [-0.1, -0.05) is 18.2 Å². The summed E-state index contributed by atoms with van der Waals surface area (Å²) in [6, 6.07) is 11.5. The molecule has 3 aromatic heterocycles. The molecule has 6 nitrogen and oxygen atoms in total. The van der Waals surface area contributed by atoms with Gasteiger partial charge in [-0.05, 0) is 51.0 Å². The van der Waals surface area contributed by atoms with Crippen LogP contribution in [0.3, 0.4) is 0 Å². The third kappa shape index (κ3) is 3.53. The molecule has 0 bridgehead atoms. The summed E-state index contributed by atoms with van der Waals surface area (Å²) in [6.07, 6.45) is 4.26. The van der Waals surface area contributed by atoms with Gasteiger partial charge in [0.1, 0.15) is 11.2 Å². The average molecular weight is 388 g/mol. The van der Waals surface area contributed by atoms with Gasteiger partial charge in [0.25, 0.3) is 5.91 Å². The van der Waals surface area contributed by atoms with E-state index < -0.39 is 0 Å². The highest BCUT2D eigenvalue weighted by Gasteiger charge is 2.18. The largest absolute Gasteiger partial charge is 0.361 e. The molecule has 2 N–H and O–H groups in total. The van der Waals surface area contributed by atoms with E-state index in [0.29, 0.717) is 24.0 Å². The second-order valence-corrected chi connectivity index (χ2v) is 7.42. The molecule has 0 aliphatic heterocycles. The van der Waals surface area contributed by atoms with E-state index in [0.717, 1.165) is 22.2 Å². The average Bonchev–Trinajstić information content (AvgIpc) is 3.11. The molecule has 0 saturated heterocycles. The van der Waals surface area contributed by atoms with Crippen molar-refractivity contribution < 1.29 is 4.79 Å². The van der Waals surface area contributed by atoms with Crippen molar-refractivity contribution in [3.63, 3.8) is 0 Å². The van der Waals surface area contributed by atoms with Gasteiger partial charge in [-0.2, -0.15) is 0 Å². The number of pyridine rings is 2. The van der Waals surface area contributed by atoms with Crippen LogP contribution in [0.4, 0.5) is 0 Å². The predicted molar refractivity (Wildman–Crippen MR) is 115 cm³/mol. The standard InChI is InChI=1S/C23H24N4O2/c1-4-27-13-19(21(28)18-10-9-14(2)25-22(18)27)23(29)26-15(3)11-16-12-24-20-8-6-5-7-17(16)20/h5-10,12-13,15,24H,4,11H2,1-3H3,(H,26,29). The van der Waals surface area contributed by atoms with Crippen LogP contribution >= 0.6 is 0 Å². The number of carbonyl (C=O) groups is 1. The predicted octanol–water partition coefficient (Wildman–Crippen LogP) is 3.57. The number of carbonyl (C=O) groups excluding carboxylic acids is 1. The second-order valence-electron chi connectivity index (χ2n) is 7.42. The Kier molecular flexibility index (Phi) is 4.92. The molecule has 4 rings (SSSR count). The quantitative estimate of drug-likeness (QED) is 0.549. The van der Waals surface area contributed by atoms with Gasteiger partial charge in [0.05, 0.1) is 5.39 Å². The summed E-state index contributed by atoms with van der Waals surface area (Å²) in [5.74, 6) is -0.355. The monoisotopic (exact) mass is 388 g/mol. The third-order valence-corrected chi connectivity index (χ3v) is 5.22. The van der Waals surface area contributed by atoms with E-state index in [9.17, 15) is 9.59 Å². The molecule has 1 amide bonds. The van der Waals surface area contributed by atoms with Crippen LogP contribution in [0.25, 0.3) is 21.9 Å². The number of hydrogen-bond donors (Lipinski definition) is 2. The zero-order valence-corrected chi connectivity index (χ0v) is 16.8. The van der Waals surface area contributed by atoms with Gasteiger partial charge >= 0.3 is 0 Å². The van der Waals surface area contributed by atoms with Gasteiger partial charge in [-0.3, -0.25) is 9.59 Å². The van der Waals surface area contributed by atoms with Crippen molar-refractivity contribution in [1.82, 2.24) is 19.9 Å². The van der Waals surface area contributed by atoms with Crippen molar-refractivity contribution in [3.05, 3.63) is 75.8 Å². The molecule has 6 heteroatoms. The lowest BCUT2D eigenvalue weighted by atomic mass is 10.1. The van der Waals surface area contributed by atoms with Crippen molar-refractivity contribution in [1.29, 1.82) is 0 Å². The fourth-order valence-electron chi connectivity index (χ4n) is 3.75. The summed E-state index contributed by atoms with van der Waals surface area (Å²) in [5.41, 5.74) is 3.52. The lowest BCUT2D eigenvalue weighted by Crippen LogP contribution is -2.37. The van der Waals surface area contributed by atoms with Gasteiger partial charge < -0.3 is 14.9 Å². The Hall–Kier alpha value is -3.41. The van der Waals surface area contributed by atoms with E-state index in [4.69, 9.17) is 0 Å². The smallest absolute Gasteiger partial charge is 0.256 e. The van der Waals surface area contributed by atoms with E-state index in [1.54, 1.807) is 18.3 Å². The summed E-state index contributed by atoms with van der Waals surface area (Å²) in [6.45, 7) is 6.43. The van der Waals surface area contributed by atoms with E-state index in [1.165, 1.54) is 0 Å². The van der Waals surface area contributed by atoms with Crippen molar-refractivity contribution in [2.75, 3.05) is 0 Å². The topological polar surface area (TPSA) is 79.8 Å². The first-order chi connectivity index (χ1) is 14.0. The number of hydrogen-bond acceptors (Lipinski definition) is 3. The van der Waals surface area contributed by atoms with Crippen molar-refractivity contribution in [2.45, 2.75) is 39.8 Å². The maximum Gasteiger partial charge on any atom is 0.256 e. The Morgan fingerprint density at radius 2 is 2.00 bits per heavy atom. The molecule has 0 fully saturated rings. The zero-order valence-electron chi connectivity index (χ0n) is 16.8. The molecule has 4 aromatic rings. The van der Waals surface area contributed by atoms with E-state index in [-0.39, 0.29) is 22.9 Å². The number of amides is 1. The molecular weight excluding hydrogens is 364 g/mol. The molecule has 0 spiro atoms. The minimum atomic E-state index is -0.355. The highest BCUT2D eigenvalue weighted by Crippen LogP contribution is 2.19. The Balaban J connectivity index is 1.61. The summed E-state index contributed by atoms with van der Waals surface area (Å²) in [5, 5.41) is 4.60. The minimum Gasteiger partial charge on any atom is -0.361 e. The maximum atomic E-state index is 12.9. The molecule has 1 unspecified atom stereocenters. The SMILES string of the molecule is CCn1cc(C(=O)NC(C)Cc2c[nH]c3ccccc23)c(=O)c2ccc(C)nc21. The molecule has 1 atom stereocenters. The third-order valence-electron chi connectivity index (χ3n) is 5.22. The van der Waals surface area contributed by atoms with Crippen molar-refractivity contribution in [3.8, 4) is 0 Å². The first-order valence-corrected chi connectivity index (χ1v) is 9.84. The van der Waals surface area contributed by atoms with Crippen LogP contribution in [0, 0.1) is 6.92 Å². The number of fused-ring (bicyclic) bond motifs is 2. The summed E-state index contributed by atoms with van der Waals surface area (Å²) >= 11 is 0. The summed E-state index contributed by atoms with van der Waals surface area (Å²) < 4.78 is 1.85. The van der Waals surface area contributed by atoms with Gasteiger partial charge in [-0.25, -0.2) is 4.98 Å². The van der Waals surface area contributed by atoms with Crippen LogP contribution < -0.4 is 10.7 Å². The Labute approximate surface area is 168 Å². The van der Waals surface area contributed by atoms with Gasteiger partial charge in [0, 0.05) is 41.6 Å². The highest BCUT2D eigenvalue weighted by molar-refractivity contribution is 5.97. The van der Waals surface area contributed by atoms with Crippen LogP contribution in [0.1, 0.15) is 35.5 Å². The maximum absolute atomic E-state index is 12.9. The number of rotatable bonds is 5. The van der Waals surface area contributed by atoms with Crippen LogP contribution in [0.2, 0.25) is 0 Å². The lowest BCUT2D eigenvalue weighted by Gasteiger charge is -2.15. The molecular formula is C23H24N4O2. The molecule has 0 saturated carbocycles. The Bertz CT molecular complexity index is 1270. The van der Waals surface area contributed by atoms with Crippen LogP contribution in [-0.2, 0) is 13.0 Å². The fraction of sp³-hybridized carbons (Fsp3) is 0.261. The van der Waals surface area contributed by atoms with Crippen LogP contribution in [0.15, 0.2) is 53.6 Å². The number of nitrogens with zero attached hydrogens (tertiary/aromatic N) is 2. The number of benzene rings is 1. The number of nitrogens with one attached hydrogen (secondary N) is 2. The number of aromatic nitrogens is 3. The highest BCUT2D eigenvalue weighted by atomic mass is 16.2. The molecule has 0 radical (unpaired) electrons. The number of aromatic amines is 1. The first-order valence-electron chi connectivity index (χ1n) is 9.84. The van der Waals surface area contributed by atoms with Gasteiger partial charge in [0.15, 0.2) is 0 Å². The van der Waals surface area contributed by atoms with Crippen molar-refractivity contribution in [2.24, 2.45) is 0 Å². The number of para-hydroxylation sites is 1. The van der Waals surface area contributed by atoms with E-state index >= 15 is 0 Å². The first kappa shape index (κ1) is 18.9. The summed E-state index contributed by atoms with van der Waals surface area (Å²) in [4.78, 5) is 33.5. The zero-order chi connectivity index (χ0) is 20.5. The molecule has 1 aromatic carbocycles. The molecule has 0 aliphatic rings. The van der Waals surface area contributed by atoms with E-state index in [1.807, 2.05) is 49.7 Å². The Morgan fingerprint density at radius 3 is 2.79 bits per heavy atom. The lowest BCUT2D eigenvalue weighted by molar-refractivity contribution is 0.0938. The normalized spacial score (nSPS) is 12.4. The van der Waals surface area contributed by atoms with Gasteiger partial charge in [0.2, 0.25) is 5.43 Å².